The second kappa shape index (κ2) is 18.4. The SMILES string of the molecule is C=[C-]c1ccccc1.CC(C)(C)P(Cc1[c-]c(CP(C(C)(C)C)C(C)(C)C)ccc1)C(C)(C)C.[C-]#Cc1ccccc1.[Ir+3]. The summed E-state index contributed by atoms with van der Waals surface area (Å²) in [6, 6.07) is 29.9. The minimum Gasteiger partial charge on any atom is -0.366 e. The molecule has 0 amide bonds. The van der Waals surface area contributed by atoms with Crippen molar-refractivity contribution >= 4 is 15.8 Å². The molecule has 0 fully saturated rings. The van der Waals surface area contributed by atoms with Crippen LogP contribution in [0.25, 0.3) is 0 Å². The Balaban J connectivity index is 0.000000834. The first kappa shape index (κ1) is 41.5. The number of hydrogen-bond donors (Lipinski definition) is 0. The van der Waals surface area contributed by atoms with E-state index in [9.17, 15) is 0 Å². The van der Waals surface area contributed by atoms with Crippen LogP contribution in [0.15, 0.2) is 85.4 Å². The summed E-state index contributed by atoms with van der Waals surface area (Å²) in [5.41, 5.74) is 4.70. The van der Waals surface area contributed by atoms with Crippen LogP contribution in [0.1, 0.15) is 105 Å². The van der Waals surface area contributed by atoms with Gasteiger partial charge in [0.05, 0.1) is 0 Å². The van der Waals surface area contributed by atoms with Crippen LogP contribution < -0.4 is 0 Å². The van der Waals surface area contributed by atoms with E-state index >= 15 is 0 Å². The van der Waals surface area contributed by atoms with Crippen molar-refractivity contribution in [3.63, 3.8) is 0 Å². The molecule has 0 aliphatic rings. The van der Waals surface area contributed by atoms with Crippen molar-refractivity contribution in [3.8, 4) is 5.92 Å². The van der Waals surface area contributed by atoms with Crippen molar-refractivity contribution in [2.45, 2.75) is 116 Å². The summed E-state index contributed by atoms with van der Waals surface area (Å²) in [4.78, 5) is 0. The van der Waals surface area contributed by atoms with Crippen LogP contribution in [0.5, 0.6) is 0 Å². The van der Waals surface area contributed by atoms with Gasteiger partial charge in [-0.15, -0.1) is 29.8 Å². The van der Waals surface area contributed by atoms with Gasteiger partial charge in [-0.25, -0.2) is 0 Å². The Morgan fingerprint density at radius 3 is 1.21 bits per heavy atom. The van der Waals surface area contributed by atoms with Crippen LogP contribution in [-0.4, -0.2) is 20.6 Å². The maximum absolute atomic E-state index is 6.69. The molecule has 3 heteroatoms. The molecular weight excluding hydrogens is 735 g/mol. The second-order valence-electron chi connectivity index (χ2n) is 14.6. The number of benzene rings is 3. The van der Waals surface area contributed by atoms with Gasteiger partial charge in [-0.1, -0.05) is 123 Å². The standard InChI is InChI=1S/C24H43P2.C8H7.C8H5.Ir/c1-21(2,3)25(22(4,5)6)17-19-14-13-15-20(16-19)18-26(23(7,8)9)24(10,11)12;2*1-2-8-6-4-3-5-7-8;/h13-15H,17-18H2,1-12H3;3-7H,1H2;3-7H;/q3*-1;+3. The van der Waals surface area contributed by atoms with Crippen molar-refractivity contribution in [3.05, 3.63) is 126 Å². The van der Waals surface area contributed by atoms with Crippen LogP contribution >= 0.6 is 15.8 Å². The Labute approximate surface area is 282 Å². The Morgan fingerprint density at radius 1 is 0.605 bits per heavy atom. The first-order chi connectivity index (χ1) is 19.3. The van der Waals surface area contributed by atoms with E-state index in [0.717, 1.165) is 11.1 Å². The van der Waals surface area contributed by atoms with Crippen molar-refractivity contribution < 1.29 is 20.1 Å². The molecule has 0 spiro atoms. The maximum atomic E-state index is 6.69. The molecule has 43 heavy (non-hydrogen) atoms. The molecule has 0 aliphatic carbocycles. The van der Waals surface area contributed by atoms with E-state index < -0.39 is 0 Å². The normalized spacial score (nSPS) is 11.7. The van der Waals surface area contributed by atoms with Crippen molar-refractivity contribution in [1.82, 2.24) is 0 Å². The van der Waals surface area contributed by atoms with Gasteiger partial charge in [0, 0.05) is 0 Å². The summed E-state index contributed by atoms with van der Waals surface area (Å²) in [6.45, 7) is 32.4. The molecule has 0 aliphatic heterocycles. The minimum atomic E-state index is -0.123. The van der Waals surface area contributed by atoms with Crippen LogP contribution in [0, 0.1) is 24.5 Å². The molecule has 0 unspecified atom stereocenters. The summed E-state index contributed by atoms with van der Waals surface area (Å²) in [6.07, 6.45) is 11.8. The summed E-state index contributed by atoms with van der Waals surface area (Å²) in [5, 5.41) is 1.45. The molecule has 3 rings (SSSR count). The van der Waals surface area contributed by atoms with Gasteiger partial charge in [-0.05, 0) is 32.9 Å². The predicted octanol–water partition coefficient (Wildman–Crippen LogP) is 12.3. The molecule has 0 N–H and O–H groups in total. The van der Waals surface area contributed by atoms with E-state index in [1.807, 2.05) is 60.7 Å². The third-order valence-electron chi connectivity index (χ3n) is 6.71. The number of hydrogen-bond acceptors (Lipinski definition) is 0. The summed E-state index contributed by atoms with van der Waals surface area (Å²) >= 11 is 0. The van der Waals surface area contributed by atoms with Crippen LogP contribution in [0.3, 0.4) is 0 Å². The molecule has 0 saturated heterocycles. The average molecular weight is 790 g/mol. The fraction of sp³-hybridized carbons (Fsp3) is 0.450. The van der Waals surface area contributed by atoms with Crippen molar-refractivity contribution in [2.24, 2.45) is 0 Å². The second-order valence-corrected chi connectivity index (χ2v) is 22.3. The molecule has 0 radical (unpaired) electrons. The third kappa shape index (κ3) is 16.4. The molecule has 3 aromatic carbocycles. The van der Waals surface area contributed by atoms with Gasteiger partial charge in [-0.2, -0.15) is 65.7 Å². The van der Waals surface area contributed by atoms with Gasteiger partial charge in [0.15, 0.2) is 0 Å². The van der Waals surface area contributed by atoms with Gasteiger partial charge in [-0.3, -0.25) is 5.92 Å². The van der Waals surface area contributed by atoms with Gasteiger partial charge < -0.3 is 6.42 Å². The van der Waals surface area contributed by atoms with Crippen molar-refractivity contribution in [1.29, 1.82) is 0 Å². The molecule has 0 heterocycles. The van der Waals surface area contributed by atoms with E-state index in [1.54, 1.807) is 0 Å². The third-order valence-corrected chi connectivity index (χ3v) is 14.5. The first-order valence-electron chi connectivity index (χ1n) is 14.9. The van der Waals surface area contributed by atoms with Gasteiger partial charge in [0.1, 0.15) is 0 Å². The quantitative estimate of drug-likeness (QED) is 0.137. The fourth-order valence-corrected chi connectivity index (χ4v) is 12.1. The zero-order chi connectivity index (χ0) is 32.2. The van der Waals surface area contributed by atoms with Gasteiger partial charge in [0.2, 0.25) is 0 Å². The topological polar surface area (TPSA) is 0 Å². The Bertz CT molecular complexity index is 1150. The monoisotopic (exact) mass is 790 g/mol. The van der Waals surface area contributed by atoms with Crippen LogP contribution in [0.4, 0.5) is 0 Å². The summed E-state index contributed by atoms with van der Waals surface area (Å²) < 4.78 is 0. The molecule has 0 saturated carbocycles. The average Bonchev–Trinajstić information content (AvgIpc) is 2.90. The zero-order valence-electron chi connectivity index (χ0n) is 28.9. The maximum Gasteiger partial charge on any atom is 3.00 e. The van der Waals surface area contributed by atoms with E-state index in [-0.39, 0.29) is 35.9 Å². The van der Waals surface area contributed by atoms with E-state index in [4.69, 9.17) is 6.42 Å². The van der Waals surface area contributed by atoms with Gasteiger partial charge in [0.25, 0.3) is 0 Å². The Morgan fingerprint density at radius 2 is 0.953 bits per heavy atom. The number of rotatable bonds is 5. The van der Waals surface area contributed by atoms with E-state index in [2.05, 4.69) is 126 Å². The van der Waals surface area contributed by atoms with E-state index in [1.165, 1.54) is 23.5 Å². The molecular formula is C40H55IrP2. The van der Waals surface area contributed by atoms with E-state index in [0.29, 0.717) is 20.6 Å². The minimum absolute atomic E-state index is 0. The van der Waals surface area contributed by atoms with Crippen LogP contribution in [0.2, 0.25) is 0 Å². The summed E-state index contributed by atoms with van der Waals surface area (Å²) in [7, 11) is -0.246. The van der Waals surface area contributed by atoms with Crippen molar-refractivity contribution in [2.75, 3.05) is 0 Å². The molecule has 0 atom stereocenters. The Hall–Kier alpha value is -1.53. The smallest absolute Gasteiger partial charge is 0.366 e. The first-order valence-corrected chi connectivity index (χ1v) is 18.0. The molecule has 234 valence electrons. The van der Waals surface area contributed by atoms with Crippen LogP contribution in [-0.2, 0) is 32.4 Å². The largest absolute Gasteiger partial charge is 3.00 e. The Kier molecular flexibility index (Phi) is 17.8. The molecule has 0 aromatic heterocycles. The fourth-order valence-electron chi connectivity index (χ4n) is 5.13. The summed E-state index contributed by atoms with van der Waals surface area (Å²) in [5.74, 6) is 2.28. The molecule has 0 bridgehead atoms. The predicted molar refractivity (Wildman–Crippen MR) is 193 cm³/mol. The molecule has 0 nitrogen and oxygen atoms in total. The zero-order valence-corrected chi connectivity index (χ0v) is 33.0. The molecule has 3 aromatic rings. The van der Waals surface area contributed by atoms with Gasteiger partial charge >= 0.3 is 20.1 Å².